The lowest BCUT2D eigenvalue weighted by molar-refractivity contribution is -0.277. The van der Waals surface area contributed by atoms with Gasteiger partial charge in [-0.15, -0.1) is 0 Å². The van der Waals surface area contributed by atoms with E-state index in [0.717, 1.165) is 0 Å². The molecule has 1 aromatic rings. The molecular formula is C25H36O11. The Bertz CT molecular complexity index is 954. The second-order valence-electron chi connectivity index (χ2n) is 10.0. The van der Waals surface area contributed by atoms with Gasteiger partial charge in [-0.1, -0.05) is 12.2 Å². The van der Waals surface area contributed by atoms with E-state index in [1.807, 2.05) is 6.92 Å². The number of carbonyl (C=O) groups excluding carboxylic acids is 1. The average molecular weight is 513 g/mol. The SMILES string of the molecule is COC(=O)Cc1cc(O)cc(/C=C\[C@]2(C)CC[C@H](C(C)(C)O)O2)c1O[C@@H]1O[C@H](CO)[C@@H](O)[C@H](O)[C@H]1O. The molecule has 0 aliphatic carbocycles. The van der Waals surface area contributed by atoms with E-state index in [-0.39, 0.29) is 29.6 Å². The molecule has 11 heteroatoms. The maximum atomic E-state index is 12.0. The molecule has 0 radical (unpaired) electrons. The van der Waals surface area contributed by atoms with Crippen LogP contribution in [0, 0.1) is 0 Å². The number of methoxy groups -OCH3 is 1. The number of phenolic OH excluding ortho intramolecular Hbond substituents is 1. The lowest BCUT2D eigenvalue weighted by Crippen LogP contribution is -2.60. The highest BCUT2D eigenvalue weighted by molar-refractivity contribution is 5.75. The van der Waals surface area contributed by atoms with Gasteiger partial charge in [-0.2, -0.15) is 0 Å². The Morgan fingerprint density at radius 1 is 1.22 bits per heavy atom. The quantitative estimate of drug-likeness (QED) is 0.259. The molecule has 0 aromatic heterocycles. The fraction of sp³-hybridized carbons (Fsp3) is 0.640. The number of hydrogen-bond donors (Lipinski definition) is 6. The Balaban J connectivity index is 1.97. The number of ether oxygens (including phenoxy) is 4. The second kappa shape index (κ2) is 11.0. The van der Waals surface area contributed by atoms with E-state index in [1.165, 1.54) is 19.2 Å². The van der Waals surface area contributed by atoms with E-state index < -0.39 is 54.5 Å². The molecule has 0 bridgehead atoms. The molecule has 0 saturated carbocycles. The lowest BCUT2D eigenvalue weighted by Gasteiger charge is -2.40. The molecule has 2 fully saturated rings. The summed E-state index contributed by atoms with van der Waals surface area (Å²) >= 11 is 0. The number of carbonyl (C=O) groups is 1. The van der Waals surface area contributed by atoms with Gasteiger partial charge in [-0.3, -0.25) is 4.79 Å². The molecule has 11 nitrogen and oxygen atoms in total. The van der Waals surface area contributed by atoms with E-state index in [4.69, 9.17) is 18.9 Å². The third-order valence-corrected chi connectivity index (χ3v) is 6.54. The third-order valence-electron chi connectivity index (χ3n) is 6.54. The first-order valence-corrected chi connectivity index (χ1v) is 11.8. The summed E-state index contributed by atoms with van der Waals surface area (Å²) in [5, 5.41) is 60.8. The van der Waals surface area contributed by atoms with Gasteiger partial charge < -0.3 is 49.6 Å². The first kappa shape index (κ1) is 28.3. The van der Waals surface area contributed by atoms with Crippen LogP contribution in [0.2, 0.25) is 0 Å². The second-order valence-corrected chi connectivity index (χ2v) is 10.0. The topological polar surface area (TPSA) is 175 Å². The van der Waals surface area contributed by atoms with Crippen molar-refractivity contribution >= 4 is 12.0 Å². The van der Waals surface area contributed by atoms with Crippen molar-refractivity contribution < 1.29 is 54.4 Å². The van der Waals surface area contributed by atoms with E-state index >= 15 is 0 Å². The summed E-state index contributed by atoms with van der Waals surface area (Å²) in [6.07, 6.45) is -3.66. The molecule has 7 atom stereocenters. The van der Waals surface area contributed by atoms with Crippen LogP contribution >= 0.6 is 0 Å². The zero-order chi connectivity index (χ0) is 26.8. The first-order valence-electron chi connectivity index (χ1n) is 11.8. The molecule has 0 amide bonds. The van der Waals surface area contributed by atoms with Gasteiger partial charge in [0.25, 0.3) is 0 Å². The maximum absolute atomic E-state index is 12.0. The number of aliphatic hydroxyl groups is 5. The van der Waals surface area contributed by atoms with E-state index in [2.05, 4.69) is 0 Å². The summed E-state index contributed by atoms with van der Waals surface area (Å²) < 4.78 is 22.2. The van der Waals surface area contributed by atoms with Crippen LogP contribution in [-0.2, 0) is 25.4 Å². The van der Waals surface area contributed by atoms with Crippen LogP contribution in [0.15, 0.2) is 18.2 Å². The van der Waals surface area contributed by atoms with Gasteiger partial charge >= 0.3 is 5.97 Å². The highest BCUT2D eigenvalue weighted by atomic mass is 16.7. The molecule has 202 valence electrons. The Morgan fingerprint density at radius 2 is 1.92 bits per heavy atom. The van der Waals surface area contributed by atoms with Crippen LogP contribution in [0.1, 0.15) is 44.7 Å². The highest BCUT2D eigenvalue weighted by Gasteiger charge is 2.45. The van der Waals surface area contributed by atoms with Crippen LogP contribution < -0.4 is 4.74 Å². The smallest absolute Gasteiger partial charge is 0.310 e. The van der Waals surface area contributed by atoms with Crippen molar-refractivity contribution in [3.05, 3.63) is 29.3 Å². The predicted molar refractivity (Wildman–Crippen MR) is 126 cm³/mol. The Kier molecular flexibility index (Phi) is 8.67. The van der Waals surface area contributed by atoms with Gasteiger partial charge in [0, 0.05) is 11.1 Å². The van der Waals surface area contributed by atoms with Crippen molar-refractivity contribution in [2.75, 3.05) is 13.7 Å². The number of rotatable bonds is 8. The van der Waals surface area contributed by atoms with Crippen LogP contribution in [0.5, 0.6) is 11.5 Å². The van der Waals surface area contributed by atoms with Gasteiger partial charge in [0.1, 0.15) is 35.9 Å². The molecule has 2 aliphatic heterocycles. The molecule has 2 heterocycles. The van der Waals surface area contributed by atoms with E-state index in [0.29, 0.717) is 18.4 Å². The number of hydrogen-bond acceptors (Lipinski definition) is 11. The average Bonchev–Trinajstić information content (AvgIpc) is 3.22. The summed E-state index contributed by atoms with van der Waals surface area (Å²) in [4.78, 5) is 12.0. The van der Waals surface area contributed by atoms with Gasteiger partial charge in [0.15, 0.2) is 0 Å². The van der Waals surface area contributed by atoms with Crippen molar-refractivity contribution in [1.29, 1.82) is 0 Å². The fourth-order valence-electron chi connectivity index (χ4n) is 4.35. The van der Waals surface area contributed by atoms with Crippen LogP contribution in [-0.4, -0.2) is 98.3 Å². The van der Waals surface area contributed by atoms with Crippen molar-refractivity contribution in [2.45, 2.75) is 88.0 Å². The minimum Gasteiger partial charge on any atom is -0.508 e. The lowest BCUT2D eigenvalue weighted by atomic mass is 9.96. The van der Waals surface area contributed by atoms with Crippen LogP contribution in [0.4, 0.5) is 0 Å². The maximum Gasteiger partial charge on any atom is 0.310 e. The molecule has 6 N–H and O–H groups in total. The molecule has 3 rings (SSSR count). The standard InChI is InChI=1S/C25H36O11/c1-24(2,32)17-6-8-25(3,36-17)7-5-13-9-15(27)10-14(11-18(28)33-4)22(13)35-23-21(31)20(30)19(29)16(12-26)34-23/h5,7,9-10,16-17,19-21,23,26-27,29-32H,6,8,11-12H2,1-4H3/b7-5-/t16-,17-,19-,20+,21-,23+,25-/m1/s1. The Morgan fingerprint density at radius 3 is 2.50 bits per heavy atom. The van der Waals surface area contributed by atoms with Crippen molar-refractivity contribution in [3.63, 3.8) is 0 Å². The van der Waals surface area contributed by atoms with Crippen molar-refractivity contribution in [2.24, 2.45) is 0 Å². The molecule has 2 saturated heterocycles. The molecule has 1 aromatic carbocycles. The highest BCUT2D eigenvalue weighted by Crippen LogP contribution is 2.39. The largest absolute Gasteiger partial charge is 0.508 e. The third kappa shape index (κ3) is 6.35. The molecule has 0 unspecified atom stereocenters. The van der Waals surface area contributed by atoms with Gasteiger partial charge in [-0.05, 0) is 45.7 Å². The normalized spacial score (nSPS) is 33.1. The van der Waals surface area contributed by atoms with Gasteiger partial charge in [0.2, 0.25) is 6.29 Å². The molecule has 2 aliphatic rings. The summed E-state index contributed by atoms with van der Waals surface area (Å²) in [6, 6.07) is 2.67. The summed E-state index contributed by atoms with van der Waals surface area (Å²) in [6.45, 7) is 4.56. The number of phenols is 1. The first-order chi connectivity index (χ1) is 16.8. The number of aliphatic hydroxyl groups excluding tert-OH is 4. The Hall–Kier alpha value is -2.25. The summed E-state index contributed by atoms with van der Waals surface area (Å²) in [5.41, 5.74) is -1.24. The molecule has 0 spiro atoms. The zero-order valence-corrected chi connectivity index (χ0v) is 20.8. The van der Waals surface area contributed by atoms with E-state index in [9.17, 15) is 35.4 Å². The number of aromatic hydroxyl groups is 1. The molecular weight excluding hydrogens is 476 g/mol. The molecule has 36 heavy (non-hydrogen) atoms. The minimum atomic E-state index is -1.68. The number of esters is 1. The van der Waals surface area contributed by atoms with Crippen LogP contribution in [0.3, 0.4) is 0 Å². The number of benzene rings is 1. The van der Waals surface area contributed by atoms with Gasteiger partial charge in [0.05, 0.1) is 37.4 Å². The van der Waals surface area contributed by atoms with Crippen LogP contribution in [0.25, 0.3) is 6.08 Å². The van der Waals surface area contributed by atoms with Crippen molar-refractivity contribution in [1.82, 2.24) is 0 Å². The van der Waals surface area contributed by atoms with Crippen molar-refractivity contribution in [3.8, 4) is 11.5 Å². The zero-order valence-electron chi connectivity index (χ0n) is 20.8. The minimum absolute atomic E-state index is 0.0550. The monoisotopic (exact) mass is 512 g/mol. The van der Waals surface area contributed by atoms with Gasteiger partial charge in [-0.25, -0.2) is 0 Å². The Labute approximate surface area is 209 Å². The predicted octanol–water partition coefficient (Wildman–Crippen LogP) is 0.00820. The van der Waals surface area contributed by atoms with E-state index in [1.54, 1.807) is 26.0 Å². The summed E-state index contributed by atoms with van der Waals surface area (Å²) in [7, 11) is 1.21. The summed E-state index contributed by atoms with van der Waals surface area (Å²) in [5.74, 6) is -0.728. The fourth-order valence-corrected chi connectivity index (χ4v) is 4.35.